The Bertz CT molecular complexity index is 461. The molecule has 1 aromatic rings. The highest BCUT2D eigenvalue weighted by Crippen LogP contribution is 2.23. The first-order chi connectivity index (χ1) is 8.12. The molecule has 96 valence electrons. The van der Waals surface area contributed by atoms with Crippen molar-refractivity contribution in [2.45, 2.75) is 49.0 Å². The first kappa shape index (κ1) is 13.0. The molecule has 2 rings (SSSR count). The fraction of sp³-hybridized carbons (Fsp3) is 0.636. The maximum atomic E-state index is 12.0. The second-order valence-electron chi connectivity index (χ2n) is 4.39. The summed E-state index contributed by atoms with van der Waals surface area (Å²) in [5.74, 6) is 0. The van der Waals surface area contributed by atoms with E-state index >= 15 is 0 Å². The fourth-order valence-corrected chi connectivity index (χ4v) is 4.60. The van der Waals surface area contributed by atoms with Crippen molar-refractivity contribution in [3.05, 3.63) is 17.0 Å². The molecule has 1 aromatic heterocycles. The molecule has 1 heterocycles. The molecule has 0 aromatic carbocycles. The molecule has 1 fully saturated rings. The van der Waals surface area contributed by atoms with Gasteiger partial charge < -0.3 is 5.11 Å². The van der Waals surface area contributed by atoms with Gasteiger partial charge in [-0.1, -0.05) is 19.3 Å². The van der Waals surface area contributed by atoms with E-state index in [1.165, 1.54) is 12.5 Å². The highest BCUT2D eigenvalue weighted by molar-refractivity contribution is 7.91. The second-order valence-corrected chi connectivity index (χ2v) is 7.24. The number of aliphatic hydroxyl groups excluding tert-OH is 1. The Morgan fingerprint density at radius 3 is 2.65 bits per heavy atom. The van der Waals surface area contributed by atoms with Gasteiger partial charge in [0.05, 0.1) is 6.61 Å². The minimum Gasteiger partial charge on any atom is -0.392 e. The van der Waals surface area contributed by atoms with Gasteiger partial charge in [0.15, 0.2) is 0 Å². The van der Waals surface area contributed by atoms with Gasteiger partial charge in [-0.3, -0.25) is 0 Å². The summed E-state index contributed by atoms with van der Waals surface area (Å²) in [5.41, 5.74) is 0.652. The molecule has 2 N–H and O–H groups in total. The molecule has 1 aliphatic carbocycles. The van der Waals surface area contributed by atoms with Crippen LogP contribution in [0.3, 0.4) is 0 Å². The van der Waals surface area contributed by atoms with Gasteiger partial charge in [0.1, 0.15) is 4.21 Å². The molecule has 0 radical (unpaired) electrons. The topological polar surface area (TPSA) is 66.4 Å². The number of rotatable bonds is 4. The van der Waals surface area contributed by atoms with Crippen LogP contribution in [0.5, 0.6) is 0 Å². The summed E-state index contributed by atoms with van der Waals surface area (Å²) in [7, 11) is -3.39. The third kappa shape index (κ3) is 3.28. The summed E-state index contributed by atoms with van der Waals surface area (Å²) < 4.78 is 27.1. The van der Waals surface area contributed by atoms with Crippen molar-refractivity contribution >= 4 is 21.4 Å². The lowest BCUT2D eigenvalue weighted by molar-refractivity contribution is 0.282. The third-order valence-electron chi connectivity index (χ3n) is 3.00. The van der Waals surface area contributed by atoms with E-state index in [2.05, 4.69) is 4.72 Å². The van der Waals surface area contributed by atoms with Crippen molar-refractivity contribution in [3.63, 3.8) is 0 Å². The molecule has 4 nitrogen and oxygen atoms in total. The Balaban J connectivity index is 2.07. The van der Waals surface area contributed by atoms with Crippen molar-refractivity contribution in [2.24, 2.45) is 0 Å². The Kier molecular flexibility index (Phi) is 4.19. The normalized spacial score (nSPS) is 18.4. The first-order valence-corrected chi connectivity index (χ1v) is 8.19. The molecule has 0 amide bonds. The Morgan fingerprint density at radius 1 is 1.35 bits per heavy atom. The van der Waals surface area contributed by atoms with E-state index < -0.39 is 10.0 Å². The predicted molar refractivity (Wildman–Crippen MR) is 67.4 cm³/mol. The fourth-order valence-electron chi connectivity index (χ4n) is 2.07. The van der Waals surface area contributed by atoms with Crippen molar-refractivity contribution < 1.29 is 13.5 Å². The van der Waals surface area contributed by atoms with Gasteiger partial charge in [0.2, 0.25) is 10.0 Å². The summed E-state index contributed by atoms with van der Waals surface area (Å²) in [4.78, 5) is 0. The number of nitrogens with one attached hydrogen (secondary N) is 1. The quantitative estimate of drug-likeness (QED) is 0.881. The van der Waals surface area contributed by atoms with Crippen LogP contribution in [0.1, 0.15) is 37.7 Å². The van der Waals surface area contributed by atoms with Gasteiger partial charge in [-0.05, 0) is 29.9 Å². The van der Waals surface area contributed by atoms with E-state index in [1.807, 2.05) is 0 Å². The van der Waals surface area contributed by atoms with Gasteiger partial charge in [-0.2, -0.15) is 0 Å². The zero-order chi connectivity index (χ0) is 12.3. The average molecular weight is 275 g/mol. The number of hydrogen-bond acceptors (Lipinski definition) is 4. The van der Waals surface area contributed by atoms with Gasteiger partial charge in [0.25, 0.3) is 0 Å². The average Bonchev–Trinajstić information content (AvgIpc) is 2.79. The summed E-state index contributed by atoms with van der Waals surface area (Å²) in [6.45, 7) is -0.116. The maximum Gasteiger partial charge on any atom is 0.250 e. The van der Waals surface area contributed by atoms with Crippen LogP contribution >= 0.6 is 11.3 Å². The summed E-state index contributed by atoms with van der Waals surface area (Å²) in [6.07, 6.45) is 5.25. The SMILES string of the molecule is O=S(=O)(NC1CCCCC1)c1cc(CO)cs1. The predicted octanol–water partition coefficient (Wildman–Crippen LogP) is 1.85. The van der Waals surface area contributed by atoms with Crippen LogP contribution in [0.15, 0.2) is 15.7 Å². The monoisotopic (exact) mass is 275 g/mol. The Labute approximate surface area is 106 Å². The molecule has 17 heavy (non-hydrogen) atoms. The van der Waals surface area contributed by atoms with Gasteiger partial charge in [0, 0.05) is 6.04 Å². The summed E-state index contributed by atoms with van der Waals surface area (Å²) in [5, 5.41) is 10.6. The van der Waals surface area contributed by atoms with Crippen LogP contribution in [0.4, 0.5) is 0 Å². The van der Waals surface area contributed by atoms with E-state index in [4.69, 9.17) is 5.11 Å². The third-order valence-corrected chi connectivity index (χ3v) is 6.01. The minimum atomic E-state index is -3.39. The Hall–Kier alpha value is -0.430. The van der Waals surface area contributed by atoms with Crippen LogP contribution in [0.25, 0.3) is 0 Å². The number of thiophene rings is 1. The molecule has 0 atom stereocenters. The molecule has 0 bridgehead atoms. The van der Waals surface area contributed by atoms with Crippen LogP contribution < -0.4 is 4.72 Å². The molecule has 1 aliphatic rings. The largest absolute Gasteiger partial charge is 0.392 e. The molecular weight excluding hydrogens is 258 g/mol. The molecule has 0 saturated heterocycles. The molecule has 0 aliphatic heterocycles. The summed E-state index contributed by atoms with van der Waals surface area (Å²) >= 11 is 1.16. The zero-order valence-corrected chi connectivity index (χ0v) is 11.2. The smallest absolute Gasteiger partial charge is 0.250 e. The Morgan fingerprint density at radius 2 is 2.06 bits per heavy atom. The first-order valence-electron chi connectivity index (χ1n) is 5.82. The van der Waals surface area contributed by atoms with Crippen LogP contribution in [-0.2, 0) is 16.6 Å². The number of hydrogen-bond donors (Lipinski definition) is 2. The standard InChI is InChI=1S/C11H17NO3S2/c13-7-9-6-11(16-8-9)17(14,15)12-10-4-2-1-3-5-10/h6,8,10,12-13H,1-5,7H2. The minimum absolute atomic E-state index is 0.0772. The van der Waals surface area contributed by atoms with Crippen molar-refractivity contribution in [2.75, 3.05) is 0 Å². The van der Waals surface area contributed by atoms with Crippen LogP contribution in [0.2, 0.25) is 0 Å². The highest BCUT2D eigenvalue weighted by atomic mass is 32.2. The van der Waals surface area contributed by atoms with Gasteiger partial charge in [-0.15, -0.1) is 11.3 Å². The van der Waals surface area contributed by atoms with E-state index in [9.17, 15) is 8.42 Å². The lowest BCUT2D eigenvalue weighted by Gasteiger charge is -2.22. The molecule has 6 heteroatoms. The van der Waals surface area contributed by atoms with E-state index in [0.29, 0.717) is 9.77 Å². The maximum absolute atomic E-state index is 12.0. The van der Waals surface area contributed by atoms with Crippen LogP contribution in [-0.4, -0.2) is 19.6 Å². The zero-order valence-electron chi connectivity index (χ0n) is 9.55. The van der Waals surface area contributed by atoms with Crippen molar-refractivity contribution in [3.8, 4) is 0 Å². The molecule has 0 spiro atoms. The second kappa shape index (κ2) is 5.48. The molecule has 0 unspecified atom stereocenters. The number of aliphatic hydroxyl groups is 1. The lowest BCUT2D eigenvalue weighted by atomic mass is 9.96. The summed E-state index contributed by atoms with van der Waals surface area (Å²) in [6, 6.07) is 1.61. The van der Waals surface area contributed by atoms with Crippen LogP contribution in [0, 0.1) is 0 Å². The van der Waals surface area contributed by atoms with E-state index in [0.717, 1.165) is 37.0 Å². The molecular formula is C11H17NO3S2. The highest BCUT2D eigenvalue weighted by Gasteiger charge is 2.22. The van der Waals surface area contributed by atoms with Crippen molar-refractivity contribution in [1.29, 1.82) is 0 Å². The molecule has 1 saturated carbocycles. The van der Waals surface area contributed by atoms with E-state index in [-0.39, 0.29) is 12.6 Å². The van der Waals surface area contributed by atoms with Crippen molar-refractivity contribution in [1.82, 2.24) is 4.72 Å². The van der Waals surface area contributed by atoms with Gasteiger partial charge in [-0.25, -0.2) is 13.1 Å². The van der Waals surface area contributed by atoms with Gasteiger partial charge >= 0.3 is 0 Å². The lowest BCUT2D eigenvalue weighted by Crippen LogP contribution is -2.35. The van der Waals surface area contributed by atoms with E-state index in [1.54, 1.807) is 5.38 Å². The number of sulfonamides is 1.